The first kappa shape index (κ1) is 23.4. The summed E-state index contributed by atoms with van der Waals surface area (Å²) >= 11 is 0. The summed E-state index contributed by atoms with van der Waals surface area (Å²) in [6, 6.07) is 19.8. The minimum Gasteiger partial charge on any atom is -0.290 e. The second kappa shape index (κ2) is 9.61. The Morgan fingerprint density at radius 2 is 1.66 bits per heavy atom. The zero-order valence-electron chi connectivity index (χ0n) is 17.8. The number of nitrogens with zero attached hydrogens (tertiary/aromatic N) is 3. The van der Waals surface area contributed by atoms with Crippen LogP contribution in [0.25, 0.3) is 22.4 Å². The Balaban J connectivity index is 1.53. The van der Waals surface area contributed by atoms with Gasteiger partial charge in [-0.25, -0.2) is 14.8 Å². The summed E-state index contributed by atoms with van der Waals surface area (Å²) in [6.07, 6.45) is -3.38. The molecule has 6 nitrogen and oxygen atoms in total. The van der Waals surface area contributed by atoms with Crippen molar-refractivity contribution in [2.75, 3.05) is 5.43 Å². The van der Waals surface area contributed by atoms with Gasteiger partial charge < -0.3 is 0 Å². The van der Waals surface area contributed by atoms with Gasteiger partial charge in [0.15, 0.2) is 0 Å². The fourth-order valence-electron chi connectivity index (χ4n) is 3.29. The number of hydrazone groups is 1. The van der Waals surface area contributed by atoms with Crippen LogP contribution in [-0.4, -0.2) is 16.2 Å². The summed E-state index contributed by atoms with van der Waals surface area (Å²) in [6.45, 7) is 0. The van der Waals surface area contributed by atoms with E-state index in [1.807, 2.05) is 6.07 Å². The molecule has 174 valence electrons. The molecule has 1 heterocycles. The van der Waals surface area contributed by atoms with Gasteiger partial charge in [0.05, 0.1) is 17.5 Å². The van der Waals surface area contributed by atoms with Gasteiger partial charge >= 0.3 is 6.18 Å². The third kappa shape index (κ3) is 5.25. The molecule has 0 atom stereocenters. The number of alkyl halides is 3. The number of rotatable bonds is 5. The first-order valence-corrected chi connectivity index (χ1v) is 10.1. The molecule has 0 radical (unpaired) electrons. The predicted molar refractivity (Wildman–Crippen MR) is 123 cm³/mol. The van der Waals surface area contributed by atoms with E-state index in [2.05, 4.69) is 20.5 Å². The lowest BCUT2D eigenvalue weighted by Gasteiger charge is -2.10. The summed E-state index contributed by atoms with van der Waals surface area (Å²) in [5.74, 6) is -1.31. The Kier molecular flexibility index (Phi) is 6.42. The molecule has 0 bridgehead atoms. The highest BCUT2D eigenvalue weighted by Crippen LogP contribution is 2.34. The average Bonchev–Trinajstić information content (AvgIpc) is 2.84. The average molecular weight is 477 g/mol. The molecule has 0 saturated heterocycles. The van der Waals surface area contributed by atoms with E-state index in [0.717, 1.165) is 12.1 Å². The standard InChI is InChI=1S/C25H15F4N5O/c26-21-11-10-18(12-20(21)25(27,28)29)16-8-6-15(7-9-16)14-31-34-24-32-22(17-4-2-1-3-5-17)19(13-30)23(35)33-24/h1-12,14H,(H2,32,33,34,35). The first-order chi connectivity index (χ1) is 16.8. The van der Waals surface area contributed by atoms with E-state index in [1.165, 1.54) is 12.3 Å². The molecular formula is C25H15F4N5O. The van der Waals surface area contributed by atoms with Gasteiger partial charge in [0, 0.05) is 5.56 Å². The zero-order chi connectivity index (χ0) is 25.0. The highest BCUT2D eigenvalue weighted by Gasteiger charge is 2.34. The highest BCUT2D eigenvalue weighted by atomic mass is 19.4. The molecule has 0 spiro atoms. The Labute approximate surface area is 196 Å². The van der Waals surface area contributed by atoms with Crippen LogP contribution in [0.1, 0.15) is 16.7 Å². The molecule has 4 aromatic rings. The van der Waals surface area contributed by atoms with Crippen LogP contribution >= 0.6 is 0 Å². The second-order valence-corrected chi connectivity index (χ2v) is 7.30. The van der Waals surface area contributed by atoms with Gasteiger partial charge in [0.25, 0.3) is 5.56 Å². The van der Waals surface area contributed by atoms with E-state index in [-0.39, 0.29) is 22.8 Å². The number of hydrogen-bond acceptors (Lipinski definition) is 5. The fraction of sp³-hybridized carbons (Fsp3) is 0.0400. The van der Waals surface area contributed by atoms with E-state index in [9.17, 15) is 27.6 Å². The van der Waals surface area contributed by atoms with Crippen LogP contribution in [0.15, 0.2) is 82.7 Å². The van der Waals surface area contributed by atoms with Crippen molar-refractivity contribution in [2.45, 2.75) is 6.18 Å². The Morgan fingerprint density at radius 3 is 2.31 bits per heavy atom. The van der Waals surface area contributed by atoms with Crippen molar-refractivity contribution in [2.24, 2.45) is 5.10 Å². The number of anilines is 1. The van der Waals surface area contributed by atoms with Crippen molar-refractivity contribution in [3.63, 3.8) is 0 Å². The van der Waals surface area contributed by atoms with Crippen molar-refractivity contribution in [3.8, 4) is 28.5 Å². The van der Waals surface area contributed by atoms with Crippen molar-refractivity contribution in [1.82, 2.24) is 9.97 Å². The largest absolute Gasteiger partial charge is 0.419 e. The first-order valence-electron chi connectivity index (χ1n) is 10.1. The minimum absolute atomic E-state index is 0.0201. The number of nitrogens with one attached hydrogen (secondary N) is 2. The summed E-state index contributed by atoms with van der Waals surface area (Å²) in [7, 11) is 0. The summed E-state index contributed by atoms with van der Waals surface area (Å²) in [4.78, 5) is 19.0. The molecule has 0 unspecified atom stereocenters. The third-order valence-electron chi connectivity index (χ3n) is 4.98. The van der Waals surface area contributed by atoms with Gasteiger partial charge in [0.2, 0.25) is 5.95 Å². The monoisotopic (exact) mass is 477 g/mol. The van der Waals surface area contributed by atoms with Gasteiger partial charge in [-0.05, 0) is 28.8 Å². The Hall–Kier alpha value is -4.78. The molecule has 0 saturated carbocycles. The number of nitriles is 1. The quantitative estimate of drug-likeness (QED) is 0.223. The fourth-order valence-corrected chi connectivity index (χ4v) is 3.29. The molecule has 0 aliphatic heterocycles. The molecule has 0 fully saturated rings. The van der Waals surface area contributed by atoms with Crippen LogP contribution in [0.2, 0.25) is 0 Å². The van der Waals surface area contributed by atoms with Crippen LogP contribution in [-0.2, 0) is 6.18 Å². The summed E-state index contributed by atoms with van der Waals surface area (Å²) < 4.78 is 52.4. The van der Waals surface area contributed by atoms with Crippen molar-refractivity contribution < 1.29 is 17.6 Å². The molecule has 2 N–H and O–H groups in total. The lowest BCUT2D eigenvalue weighted by Crippen LogP contribution is -2.16. The summed E-state index contributed by atoms with van der Waals surface area (Å²) in [5.41, 5.74) is 2.59. The van der Waals surface area contributed by atoms with Gasteiger partial charge in [0.1, 0.15) is 17.4 Å². The van der Waals surface area contributed by atoms with Gasteiger partial charge in [-0.2, -0.15) is 23.5 Å². The van der Waals surface area contributed by atoms with E-state index < -0.39 is 23.1 Å². The van der Waals surface area contributed by atoms with Gasteiger partial charge in [-0.3, -0.25) is 9.78 Å². The predicted octanol–water partition coefficient (Wildman–Crippen LogP) is 5.58. The number of aromatic nitrogens is 2. The van der Waals surface area contributed by atoms with E-state index in [0.29, 0.717) is 16.7 Å². The lowest BCUT2D eigenvalue weighted by molar-refractivity contribution is -0.139. The number of benzene rings is 3. The Bertz CT molecular complexity index is 1490. The molecule has 0 aliphatic carbocycles. The maximum atomic E-state index is 13.5. The SMILES string of the molecule is N#Cc1c(-c2ccccc2)nc(NN=Cc2ccc(-c3ccc(F)c(C(F)(F)F)c3)cc2)[nH]c1=O. The number of aromatic amines is 1. The molecule has 0 aliphatic rings. The van der Waals surface area contributed by atoms with E-state index in [1.54, 1.807) is 54.6 Å². The number of hydrogen-bond donors (Lipinski definition) is 2. The van der Waals surface area contributed by atoms with Crippen LogP contribution < -0.4 is 11.0 Å². The van der Waals surface area contributed by atoms with Crippen molar-refractivity contribution in [3.05, 3.63) is 106 Å². The third-order valence-corrected chi connectivity index (χ3v) is 4.98. The van der Waals surface area contributed by atoms with Gasteiger partial charge in [-0.1, -0.05) is 60.7 Å². The lowest BCUT2D eigenvalue weighted by atomic mass is 10.0. The maximum Gasteiger partial charge on any atom is 0.419 e. The smallest absolute Gasteiger partial charge is 0.290 e. The molecule has 35 heavy (non-hydrogen) atoms. The molecule has 1 aromatic heterocycles. The molecule has 0 amide bonds. The van der Waals surface area contributed by atoms with Crippen molar-refractivity contribution >= 4 is 12.2 Å². The summed E-state index contributed by atoms with van der Waals surface area (Å²) in [5, 5.41) is 13.3. The topological polar surface area (TPSA) is 93.9 Å². The van der Waals surface area contributed by atoms with Crippen LogP contribution in [0.4, 0.5) is 23.5 Å². The maximum absolute atomic E-state index is 13.5. The molecule has 4 rings (SSSR count). The number of H-pyrrole nitrogens is 1. The van der Waals surface area contributed by atoms with Crippen LogP contribution in [0.5, 0.6) is 0 Å². The highest BCUT2D eigenvalue weighted by molar-refractivity contribution is 5.81. The zero-order valence-corrected chi connectivity index (χ0v) is 17.8. The number of halogens is 4. The van der Waals surface area contributed by atoms with Crippen molar-refractivity contribution in [1.29, 1.82) is 5.26 Å². The molecule has 10 heteroatoms. The van der Waals surface area contributed by atoms with Crippen LogP contribution in [0.3, 0.4) is 0 Å². The minimum atomic E-state index is -4.79. The molecule has 3 aromatic carbocycles. The van der Waals surface area contributed by atoms with Crippen LogP contribution in [0, 0.1) is 17.1 Å². The van der Waals surface area contributed by atoms with Gasteiger partial charge in [-0.15, -0.1) is 0 Å². The molecular weight excluding hydrogens is 462 g/mol. The Morgan fingerprint density at radius 1 is 0.971 bits per heavy atom. The van der Waals surface area contributed by atoms with E-state index >= 15 is 0 Å². The van der Waals surface area contributed by atoms with E-state index in [4.69, 9.17) is 0 Å². The normalized spacial score (nSPS) is 11.4. The second-order valence-electron chi connectivity index (χ2n) is 7.30.